The van der Waals surface area contributed by atoms with Crippen LogP contribution in [0.5, 0.6) is 5.75 Å². The highest BCUT2D eigenvalue weighted by molar-refractivity contribution is 5.82. The minimum Gasteiger partial charge on any atom is -0.480 e. The molecule has 1 aromatic rings. The minimum absolute atomic E-state index is 0.122. The molecule has 19 heavy (non-hydrogen) atoms. The first-order chi connectivity index (χ1) is 9.13. The number of carbonyl (C=O) groups excluding carboxylic acids is 1. The molecule has 0 aliphatic carbocycles. The average Bonchev–Trinajstić information content (AvgIpc) is 2.80. The Balaban J connectivity index is 1.69. The van der Waals surface area contributed by atoms with Crippen LogP contribution in [-0.2, 0) is 11.2 Å². The molecule has 3 unspecified atom stereocenters. The van der Waals surface area contributed by atoms with Gasteiger partial charge in [-0.15, -0.1) is 0 Å². The van der Waals surface area contributed by atoms with Crippen molar-refractivity contribution in [1.82, 2.24) is 10.2 Å². The number of ether oxygens (including phenoxy) is 1. The summed E-state index contributed by atoms with van der Waals surface area (Å²) in [6.07, 6.45) is 0.358. The minimum atomic E-state index is -0.338. The van der Waals surface area contributed by atoms with E-state index in [1.54, 1.807) is 0 Å². The zero-order valence-corrected chi connectivity index (χ0v) is 11.4. The standard InChI is InChI=1S/C15H20N2O2/c1-10-8-17(9-11(2)16-10)15(18)14-7-12-5-3-4-6-13(12)19-14/h3-6,10-11,14,16H,7-9H2,1-2H3. The highest BCUT2D eigenvalue weighted by atomic mass is 16.5. The van der Waals surface area contributed by atoms with Crippen LogP contribution in [0.2, 0.25) is 0 Å². The van der Waals surface area contributed by atoms with Crippen LogP contribution in [0, 0.1) is 0 Å². The van der Waals surface area contributed by atoms with E-state index in [0.29, 0.717) is 18.5 Å². The first-order valence-corrected chi connectivity index (χ1v) is 6.93. The molecule has 1 fully saturated rings. The lowest BCUT2D eigenvalue weighted by atomic mass is 10.1. The van der Waals surface area contributed by atoms with Gasteiger partial charge in [-0.2, -0.15) is 0 Å². The average molecular weight is 260 g/mol. The molecule has 0 saturated carbocycles. The van der Waals surface area contributed by atoms with Crippen molar-refractivity contribution in [2.75, 3.05) is 13.1 Å². The second kappa shape index (κ2) is 4.85. The molecule has 102 valence electrons. The third-order valence-corrected chi connectivity index (χ3v) is 3.79. The van der Waals surface area contributed by atoms with E-state index in [4.69, 9.17) is 4.74 Å². The first-order valence-electron chi connectivity index (χ1n) is 6.93. The molecular formula is C15H20N2O2. The van der Waals surface area contributed by atoms with Crippen LogP contribution in [-0.4, -0.2) is 42.1 Å². The number of hydrogen-bond acceptors (Lipinski definition) is 3. The Morgan fingerprint density at radius 2 is 1.95 bits per heavy atom. The molecular weight excluding hydrogens is 240 g/mol. The zero-order valence-electron chi connectivity index (χ0n) is 11.4. The molecule has 0 aromatic heterocycles. The van der Waals surface area contributed by atoms with Crippen molar-refractivity contribution in [3.8, 4) is 5.75 Å². The van der Waals surface area contributed by atoms with Gasteiger partial charge in [0.2, 0.25) is 0 Å². The van der Waals surface area contributed by atoms with Gasteiger partial charge in [0, 0.05) is 31.6 Å². The molecule has 3 atom stereocenters. The maximum atomic E-state index is 12.5. The smallest absolute Gasteiger partial charge is 0.264 e. The predicted molar refractivity (Wildman–Crippen MR) is 73.2 cm³/mol. The molecule has 0 radical (unpaired) electrons. The van der Waals surface area contributed by atoms with E-state index in [1.165, 1.54) is 0 Å². The van der Waals surface area contributed by atoms with E-state index in [1.807, 2.05) is 29.2 Å². The number of hydrogen-bond donors (Lipinski definition) is 1. The summed E-state index contributed by atoms with van der Waals surface area (Å²) in [4.78, 5) is 14.5. The van der Waals surface area contributed by atoms with Crippen LogP contribution >= 0.6 is 0 Å². The molecule has 2 aliphatic heterocycles. The maximum Gasteiger partial charge on any atom is 0.264 e. The van der Waals surface area contributed by atoms with Gasteiger partial charge in [0.15, 0.2) is 6.10 Å². The Hall–Kier alpha value is -1.55. The molecule has 4 nitrogen and oxygen atoms in total. The second-order valence-corrected chi connectivity index (χ2v) is 5.63. The summed E-state index contributed by atoms with van der Waals surface area (Å²) in [7, 11) is 0. The molecule has 3 rings (SSSR count). The van der Waals surface area contributed by atoms with Crippen molar-refractivity contribution in [3.05, 3.63) is 29.8 Å². The monoisotopic (exact) mass is 260 g/mol. The Bertz CT molecular complexity index is 454. The van der Waals surface area contributed by atoms with Crippen LogP contribution < -0.4 is 10.1 Å². The van der Waals surface area contributed by atoms with Gasteiger partial charge in [-0.25, -0.2) is 0 Å². The number of benzene rings is 1. The summed E-state index contributed by atoms with van der Waals surface area (Å²) >= 11 is 0. The van der Waals surface area contributed by atoms with Gasteiger partial charge in [-0.05, 0) is 25.5 Å². The van der Waals surface area contributed by atoms with Gasteiger partial charge < -0.3 is 15.0 Å². The van der Waals surface area contributed by atoms with Crippen molar-refractivity contribution >= 4 is 5.91 Å². The van der Waals surface area contributed by atoms with Crippen molar-refractivity contribution in [2.24, 2.45) is 0 Å². The number of piperazine rings is 1. The Labute approximate surface area is 113 Å². The number of amides is 1. The van der Waals surface area contributed by atoms with Gasteiger partial charge in [-0.3, -0.25) is 4.79 Å². The number of nitrogens with one attached hydrogen (secondary N) is 1. The lowest BCUT2D eigenvalue weighted by molar-refractivity contribution is -0.139. The Morgan fingerprint density at radius 1 is 1.26 bits per heavy atom. The molecule has 0 spiro atoms. The molecule has 1 aromatic carbocycles. The fraction of sp³-hybridized carbons (Fsp3) is 0.533. The highest BCUT2D eigenvalue weighted by Crippen LogP contribution is 2.29. The number of para-hydroxylation sites is 1. The number of fused-ring (bicyclic) bond motifs is 1. The predicted octanol–water partition coefficient (Wildman–Crippen LogP) is 1.20. The molecule has 2 aliphatic rings. The van der Waals surface area contributed by atoms with Crippen molar-refractivity contribution in [1.29, 1.82) is 0 Å². The number of carbonyl (C=O) groups is 1. The highest BCUT2D eigenvalue weighted by Gasteiger charge is 2.34. The van der Waals surface area contributed by atoms with E-state index < -0.39 is 0 Å². The van der Waals surface area contributed by atoms with E-state index >= 15 is 0 Å². The van der Waals surface area contributed by atoms with Gasteiger partial charge >= 0.3 is 0 Å². The lowest BCUT2D eigenvalue weighted by Gasteiger charge is -2.37. The topological polar surface area (TPSA) is 41.6 Å². The number of rotatable bonds is 1. The van der Waals surface area contributed by atoms with Gasteiger partial charge in [0.1, 0.15) is 5.75 Å². The fourth-order valence-corrected chi connectivity index (χ4v) is 3.03. The summed E-state index contributed by atoms with van der Waals surface area (Å²) in [6, 6.07) is 8.59. The third-order valence-electron chi connectivity index (χ3n) is 3.79. The van der Waals surface area contributed by atoms with Crippen LogP contribution in [0.25, 0.3) is 0 Å². The van der Waals surface area contributed by atoms with Crippen molar-refractivity contribution in [3.63, 3.8) is 0 Å². The molecule has 1 amide bonds. The Morgan fingerprint density at radius 3 is 2.63 bits per heavy atom. The van der Waals surface area contributed by atoms with Crippen LogP contribution in [0.4, 0.5) is 0 Å². The van der Waals surface area contributed by atoms with E-state index in [9.17, 15) is 4.79 Å². The van der Waals surface area contributed by atoms with Crippen molar-refractivity contribution < 1.29 is 9.53 Å². The maximum absolute atomic E-state index is 12.5. The fourth-order valence-electron chi connectivity index (χ4n) is 3.03. The van der Waals surface area contributed by atoms with Crippen LogP contribution in [0.15, 0.2) is 24.3 Å². The largest absolute Gasteiger partial charge is 0.480 e. The van der Waals surface area contributed by atoms with Crippen LogP contribution in [0.1, 0.15) is 19.4 Å². The molecule has 0 bridgehead atoms. The summed E-state index contributed by atoms with van der Waals surface area (Å²) in [5.41, 5.74) is 1.14. The summed E-state index contributed by atoms with van der Waals surface area (Å²) in [6.45, 7) is 5.75. The van der Waals surface area contributed by atoms with E-state index in [2.05, 4.69) is 19.2 Å². The second-order valence-electron chi connectivity index (χ2n) is 5.63. The third kappa shape index (κ3) is 2.45. The summed E-state index contributed by atoms with van der Waals surface area (Å²) in [5.74, 6) is 0.980. The summed E-state index contributed by atoms with van der Waals surface area (Å²) < 4.78 is 5.78. The quantitative estimate of drug-likeness (QED) is 0.825. The van der Waals surface area contributed by atoms with Crippen molar-refractivity contribution in [2.45, 2.75) is 38.5 Å². The molecule has 4 heteroatoms. The van der Waals surface area contributed by atoms with Gasteiger partial charge in [-0.1, -0.05) is 18.2 Å². The normalized spacial score (nSPS) is 29.8. The van der Waals surface area contributed by atoms with Gasteiger partial charge in [0.25, 0.3) is 5.91 Å². The molecule has 1 N–H and O–H groups in total. The zero-order chi connectivity index (χ0) is 13.4. The lowest BCUT2D eigenvalue weighted by Crippen LogP contribution is -2.58. The SMILES string of the molecule is CC1CN(C(=O)C2Cc3ccccc3O2)CC(C)N1. The Kier molecular flexibility index (Phi) is 3.19. The first kappa shape index (κ1) is 12.5. The van der Waals surface area contributed by atoms with Gasteiger partial charge in [0.05, 0.1) is 0 Å². The van der Waals surface area contributed by atoms with E-state index in [0.717, 1.165) is 24.4 Å². The summed E-state index contributed by atoms with van der Waals surface area (Å²) in [5, 5.41) is 3.44. The number of nitrogens with zero attached hydrogens (tertiary/aromatic N) is 1. The van der Waals surface area contributed by atoms with Crippen LogP contribution in [0.3, 0.4) is 0 Å². The van der Waals surface area contributed by atoms with E-state index in [-0.39, 0.29) is 12.0 Å². The molecule has 1 saturated heterocycles. The molecule has 2 heterocycles.